The van der Waals surface area contributed by atoms with Gasteiger partial charge < -0.3 is 4.74 Å². The number of esters is 1. The van der Waals surface area contributed by atoms with Crippen LogP contribution in [0.1, 0.15) is 23.1 Å². The van der Waals surface area contributed by atoms with Crippen LogP contribution in [-0.2, 0) is 10.9 Å². The van der Waals surface area contributed by atoms with Crippen LogP contribution < -0.4 is 0 Å². The molecule has 0 saturated heterocycles. The molecule has 0 aliphatic carbocycles. The highest BCUT2D eigenvalue weighted by molar-refractivity contribution is 5.89. The molecule has 0 spiro atoms. The second kappa shape index (κ2) is 5.36. The molecule has 1 aromatic carbocycles. The molecule has 0 atom stereocenters. The van der Waals surface area contributed by atoms with Crippen molar-refractivity contribution in [3.8, 4) is 5.69 Å². The molecule has 1 aromatic heterocycles. The van der Waals surface area contributed by atoms with E-state index in [1.165, 1.54) is 19.1 Å². The molecule has 4 nitrogen and oxygen atoms in total. The van der Waals surface area contributed by atoms with E-state index < -0.39 is 23.5 Å². The van der Waals surface area contributed by atoms with Crippen molar-refractivity contribution in [1.82, 2.24) is 9.55 Å². The third-order valence-corrected chi connectivity index (χ3v) is 2.54. The highest BCUT2D eigenvalue weighted by Crippen LogP contribution is 2.33. The highest BCUT2D eigenvalue weighted by atomic mass is 19.4. The van der Waals surface area contributed by atoms with Gasteiger partial charge in [-0.2, -0.15) is 13.2 Å². The molecule has 2 rings (SSSR count). The van der Waals surface area contributed by atoms with Crippen molar-refractivity contribution in [3.05, 3.63) is 48.0 Å². The molecule has 0 unspecified atom stereocenters. The number of nitrogens with zero attached hydrogens (tertiary/aromatic N) is 2. The lowest BCUT2D eigenvalue weighted by Gasteiger charge is -2.12. The van der Waals surface area contributed by atoms with E-state index >= 15 is 0 Å². The molecule has 0 N–H and O–H groups in total. The maximum Gasteiger partial charge on any atom is 0.434 e. The molecule has 1 heterocycles. The Labute approximate surface area is 112 Å². The van der Waals surface area contributed by atoms with Gasteiger partial charge in [-0.15, -0.1) is 0 Å². The van der Waals surface area contributed by atoms with Gasteiger partial charge in [-0.05, 0) is 19.1 Å². The van der Waals surface area contributed by atoms with E-state index in [2.05, 4.69) is 9.72 Å². The van der Waals surface area contributed by atoms with E-state index in [1.54, 1.807) is 18.2 Å². The summed E-state index contributed by atoms with van der Waals surface area (Å²) in [6, 6.07) is 7.86. The molecule has 20 heavy (non-hydrogen) atoms. The first kappa shape index (κ1) is 14.1. The fourth-order valence-electron chi connectivity index (χ4n) is 1.75. The molecule has 0 aliphatic heterocycles. The molecular weight excluding hydrogens is 273 g/mol. The summed E-state index contributed by atoms with van der Waals surface area (Å²) in [6.07, 6.45) is -3.75. The van der Waals surface area contributed by atoms with E-state index in [0.29, 0.717) is 0 Å². The van der Waals surface area contributed by atoms with Crippen LogP contribution in [-0.4, -0.2) is 22.1 Å². The van der Waals surface area contributed by atoms with Crippen LogP contribution in [0.4, 0.5) is 13.2 Å². The summed E-state index contributed by atoms with van der Waals surface area (Å²) >= 11 is 0. The molecule has 0 amide bonds. The van der Waals surface area contributed by atoms with Gasteiger partial charge in [-0.3, -0.25) is 4.57 Å². The number of halogens is 3. The van der Waals surface area contributed by atoms with E-state index in [9.17, 15) is 18.0 Å². The van der Waals surface area contributed by atoms with Crippen molar-refractivity contribution in [2.75, 3.05) is 6.61 Å². The van der Waals surface area contributed by atoms with Crippen molar-refractivity contribution in [2.24, 2.45) is 0 Å². The smallest absolute Gasteiger partial charge is 0.434 e. The topological polar surface area (TPSA) is 44.1 Å². The van der Waals surface area contributed by atoms with E-state index in [0.717, 1.165) is 10.9 Å². The third kappa shape index (κ3) is 2.66. The molecular formula is C13H11F3N2O2. The zero-order valence-corrected chi connectivity index (χ0v) is 10.5. The standard InChI is InChI=1S/C13H11F3N2O2/c1-2-20-12(19)10-11(13(14,15)16)18(8-17-10)9-6-4-3-5-7-9/h3-8H,2H2,1H3. The quantitative estimate of drug-likeness (QED) is 0.814. The number of imidazole rings is 1. The second-order valence-electron chi connectivity index (χ2n) is 3.87. The fraction of sp³-hybridized carbons (Fsp3) is 0.231. The first-order valence-electron chi connectivity index (χ1n) is 5.82. The van der Waals surface area contributed by atoms with Gasteiger partial charge in [0.15, 0.2) is 11.4 Å². The van der Waals surface area contributed by atoms with Gasteiger partial charge in [0.25, 0.3) is 0 Å². The molecule has 0 radical (unpaired) electrons. The number of ether oxygens (including phenoxy) is 1. The van der Waals surface area contributed by atoms with Crippen LogP contribution in [0.3, 0.4) is 0 Å². The molecule has 2 aromatic rings. The maximum atomic E-state index is 13.2. The minimum absolute atomic E-state index is 0.0195. The molecule has 0 aliphatic rings. The predicted octanol–water partition coefficient (Wildman–Crippen LogP) is 3.07. The largest absolute Gasteiger partial charge is 0.461 e. The lowest BCUT2D eigenvalue weighted by atomic mass is 10.2. The van der Waals surface area contributed by atoms with Gasteiger partial charge in [0.05, 0.1) is 6.61 Å². The van der Waals surface area contributed by atoms with E-state index in [4.69, 9.17) is 0 Å². The Balaban J connectivity index is 2.57. The fourth-order valence-corrected chi connectivity index (χ4v) is 1.75. The maximum absolute atomic E-state index is 13.2. The lowest BCUT2D eigenvalue weighted by Crippen LogP contribution is -2.18. The average molecular weight is 284 g/mol. The van der Waals surface area contributed by atoms with E-state index in [1.807, 2.05) is 0 Å². The van der Waals surface area contributed by atoms with Crippen LogP contribution in [0.2, 0.25) is 0 Å². The second-order valence-corrected chi connectivity index (χ2v) is 3.87. The SMILES string of the molecule is CCOC(=O)c1ncn(-c2ccccc2)c1C(F)(F)F. The van der Waals surface area contributed by atoms with Crippen molar-refractivity contribution >= 4 is 5.97 Å². The molecule has 106 valence electrons. The molecule has 0 saturated carbocycles. The summed E-state index contributed by atoms with van der Waals surface area (Å²) in [5.74, 6) is -1.09. The first-order chi connectivity index (χ1) is 9.45. The van der Waals surface area contributed by atoms with Crippen molar-refractivity contribution in [2.45, 2.75) is 13.1 Å². The number of hydrogen-bond donors (Lipinski definition) is 0. The Kier molecular flexibility index (Phi) is 3.78. The molecule has 0 fully saturated rings. The molecule has 0 bridgehead atoms. The van der Waals surface area contributed by atoms with Crippen molar-refractivity contribution < 1.29 is 22.7 Å². The minimum atomic E-state index is -4.71. The van der Waals surface area contributed by atoms with Gasteiger partial charge in [-0.25, -0.2) is 9.78 Å². The van der Waals surface area contributed by atoms with Crippen LogP contribution in [0, 0.1) is 0 Å². The Morgan fingerprint density at radius 3 is 2.50 bits per heavy atom. The van der Waals surface area contributed by atoms with Gasteiger partial charge in [-0.1, -0.05) is 18.2 Å². The summed E-state index contributed by atoms with van der Waals surface area (Å²) in [5.41, 5.74) is -1.60. The van der Waals surface area contributed by atoms with Gasteiger partial charge in [0.2, 0.25) is 0 Å². The zero-order valence-electron chi connectivity index (χ0n) is 10.5. The summed E-state index contributed by atoms with van der Waals surface area (Å²) in [7, 11) is 0. The Hall–Kier alpha value is -2.31. The summed E-state index contributed by atoms with van der Waals surface area (Å²) in [5, 5.41) is 0. The Bertz CT molecular complexity index is 606. The van der Waals surface area contributed by atoms with Crippen molar-refractivity contribution in [1.29, 1.82) is 0 Å². The predicted molar refractivity (Wildman–Crippen MR) is 64.5 cm³/mol. The molecule has 7 heteroatoms. The average Bonchev–Trinajstić information content (AvgIpc) is 2.84. The number of aromatic nitrogens is 2. The summed E-state index contributed by atoms with van der Waals surface area (Å²) in [4.78, 5) is 15.1. The highest BCUT2D eigenvalue weighted by Gasteiger charge is 2.41. The number of rotatable bonds is 3. The van der Waals surface area contributed by atoms with Crippen molar-refractivity contribution in [3.63, 3.8) is 0 Å². The minimum Gasteiger partial charge on any atom is -0.461 e. The number of hydrogen-bond acceptors (Lipinski definition) is 3. The van der Waals surface area contributed by atoms with Gasteiger partial charge >= 0.3 is 12.1 Å². The van der Waals surface area contributed by atoms with Gasteiger partial charge in [0, 0.05) is 5.69 Å². The van der Waals surface area contributed by atoms with Crippen LogP contribution in [0.5, 0.6) is 0 Å². The monoisotopic (exact) mass is 284 g/mol. The Morgan fingerprint density at radius 1 is 1.30 bits per heavy atom. The number of carbonyl (C=O) groups is 1. The van der Waals surface area contributed by atoms with Crippen LogP contribution >= 0.6 is 0 Å². The number of para-hydroxylation sites is 1. The Morgan fingerprint density at radius 2 is 1.95 bits per heavy atom. The first-order valence-corrected chi connectivity index (χ1v) is 5.82. The summed E-state index contributed by atoms with van der Waals surface area (Å²) in [6.45, 7) is 1.49. The third-order valence-electron chi connectivity index (χ3n) is 2.54. The zero-order chi connectivity index (χ0) is 14.8. The number of carbonyl (C=O) groups excluding carboxylic acids is 1. The van der Waals surface area contributed by atoms with Gasteiger partial charge in [0.1, 0.15) is 6.33 Å². The number of benzene rings is 1. The van der Waals surface area contributed by atoms with Crippen LogP contribution in [0.15, 0.2) is 36.7 Å². The summed E-state index contributed by atoms with van der Waals surface area (Å²) < 4.78 is 44.9. The van der Waals surface area contributed by atoms with E-state index in [-0.39, 0.29) is 12.3 Å². The van der Waals surface area contributed by atoms with Crippen LogP contribution in [0.25, 0.3) is 5.69 Å². The lowest BCUT2D eigenvalue weighted by molar-refractivity contribution is -0.142. The normalized spacial score (nSPS) is 11.4. The number of alkyl halides is 3.